The third-order valence-corrected chi connectivity index (χ3v) is 4.89. The van der Waals surface area contributed by atoms with Gasteiger partial charge < -0.3 is 19.5 Å². The van der Waals surface area contributed by atoms with Gasteiger partial charge in [-0.3, -0.25) is 0 Å². The third-order valence-electron chi connectivity index (χ3n) is 4.01. The van der Waals surface area contributed by atoms with Crippen molar-refractivity contribution in [2.75, 3.05) is 26.9 Å². The van der Waals surface area contributed by atoms with Gasteiger partial charge in [0.05, 0.1) is 19.4 Å². The molecule has 1 aliphatic rings. The zero-order chi connectivity index (χ0) is 16.6. The highest BCUT2D eigenvalue weighted by atomic mass is 32.1. The second kappa shape index (κ2) is 9.01. The quantitative estimate of drug-likeness (QED) is 0.794. The van der Waals surface area contributed by atoms with Crippen LogP contribution in [0.15, 0.2) is 29.6 Å². The number of aromatic nitrogens is 1. The molecule has 0 bridgehead atoms. The van der Waals surface area contributed by atoms with E-state index in [9.17, 15) is 0 Å². The fraction of sp³-hybridized carbons (Fsp3) is 0.500. The zero-order valence-electron chi connectivity index (χ0n) is 14.0. The standard InChI is InChI=1S/C18H24N2O3S/c1-21-16-4-6-17(7-5-16)23-12-18-20-15(13-24-18)10-19-9-14-3-2-8-22-11-14/h4-7,13-14,19H,2-3,8-12H2,1H3. The van der Waals surface area contributed by atoms with E-state index in [-0.39, 0.29) is 0 Å². The van der Waals surface area contributed by atoms with Crippen LogP contribution in [0.3, 0.4) is 0 Å². The topological polar surface area (TPSA) is 52.6 Å². The minimum atomic E-state index is 0.494. The van der Waals surface area contributed by atoms with E-state index >= 15 is 0 Å². The molecular formula is C18H24N2O3S. The Morgan fingerprint density at radius 1 is 1.29 bits per heavy atom. The summed E-state index contributed by atoms with van der Waals surface area (Å²) in [6, 6.07) is 7.59. The third kappa shape index (κ3) is 5.19. The maximum atomic E-state index is 5.76. The van der Waals surface area contributed by atoms with E-state index < -0.39 is 0 Å². The fourth-order valence-electron chi connectivity index (χ4n) is 2.69. The summed E-state index contributed by atoms with van der Waals surface area (Å²) in [6.07, 6.45) is 2.43. The highest BCUT2D eigenvalue weighted by Gasteiger charge is 2.13. The Morgan fingerprint density at radius 3 is 2.88 bits per heavy atom. The van der Waals surface area contributed by atoms with Gasteiger partial charge in [0.2, 0.25) is 0 Å². The molecule has 1 aliphatic heterocycles. The molecule has 6 heteroatoms. The number of rotatable bonds is 8. The molecule has 1 saturated heterocycles. The molecule has 3 rings (SSSR count). The average Bonchev–Trinajstić information content (AvgIpc) is 3.09. The Bertz CT molecular complexity index is 609. The summed E-state index contributed by atoms with van der Waals surface area (Å²) in [7, 11) is 1.66. The predicted octanol–water partition coefficient (Wildman–Crippen LogP) is 3.25. The highest BCUT2D eigenvalue weighted by molar-refractivity contribution is 7.09. The van der Waals surface area contributed by atoms with E-state index in [1.807, 2.05) is 24.3 Å². The molecule has 1 aromatic heterocycles. The summed E-state index contributed by atoms with van der Waals surface area (Å²) in [5, 5.41) is 6.56. The van der Waals surface area contributed by atoms with Crippen LogP contribution in [-0.4, -0.2) is 31.9 Å². The molecule has 130 valence electrons. The molecule has 5 nitrogen and oxygen atoms in total. The van der Waals surface area contributed by atoms with Crippen molar-refractivity contribution in [3.63, 3.8) is 0 Å². The molecule has 0 saturated carbocycles. The summed E-state index contributed by atoms with van der Waals surface area (Å²) in [4.78, 5) is 4.62. The van der Waals surface area contributed by atoms with Crippen molar-refractivity contribution >= 4 is 11.3 Å². The van der Waals surface area contributed by atoms with Gasteiger partial charge in [-0.25, -0.2) is 4.98 Å². The van der Waals surface area contributed by atoms with E-state index in [4.69, 9.17) is 14.2 Å². The SMILES string of the molecule is COc1ccc(OCc2nc(CNCC3CCCOC3)cs2)cc1. The van der Waals surface area contributed by atoms with Crippen molar-refractivity contribution < 1.29 is 14.2 Å². The van der Waals surface area contributed by atoms with Crippen LogP contribution in [0.4, 0.5) is 0 Å². The lowest BCUT2D eigenvalue weighted by atomic mass is 10.0. The molecule has 0 aliphatic carbocycles. The Kier molecular flexibility index (Phi) is 6.46. The number of benzene rings is 1. The first-order valence-electron chi connectivity index (χ1n) is 8.32. The van der Waals surface area contributed by atoms with Crippen LogP contribution >= 0.6 is 11.3 Å². The fourth-order valence-corrected chi connectivity index (χ4v) is 3.39. The van der Waals surface area contributed by atoms with Gasteiger partial charge in [0.25, 0.3) is 0 Å². The van der Waals surface area contributed by atoms with Gasteiger partial charge in [0.15, 0.2) is 0 Å². The lowest BCUT2D eigenvalue weighted by molar-refractivity contribution is 0.0547. The normalized spacial score (nSPS) is 17.6. The van der Waals surface area contributed by atoms with Gasteiger partial charge in [0.1, 0.15) is 23.1 Å². The number of ether oxygens (including phenoxy) is 3. The van der Waals surface area contributed by atoms with Crippen LogP contribution in [0.5, 0.6) is 11.5 Å². The first kappa shape index (κ1) is 17.2. The van der Waals surface area contributed by atoms with Crippen LogP contribution in [0.1, 0.15) is 23.5 Å². The van der Waals surface area contributed by atoms with Crippen molar-refractivity contribution in [2.45, 2.75) is 26.0 Å². The Labute approximate surface area is 147 Å². The second-order valence-corrected chi connectivity index (χ2v) is 6.85. The van der Waals surface area contributed by atoms with Crippen molar-refractivity contribution in [1.82, 2.24) is 10.3 Å². The molecule has 2 aromatic rings. The van der Waals surface area contributed by atoms with Crippen molar-refractivity contribution in [2.24, 2.45) is 5.92 Å². The number of nitrogens with zero attached hydrogens (tertiary/aromatic N) is 1. The summed E-state index contributed by atoms with van der Waals surface area (Å²) in [6.45, 7) is 4.09. The van der Waals surface area contributed by atoms with E-state index in [0.717, 1.165) is 48.5 Å². The molecule has 1 atom stereocenters. The van der Waals surface area contributed by atoms with Crippen LogP contribution in [0.2, 0.25) is 0 Å². The smallest absolute Gasteiger partial charge is 0.140 e. The van der Waals surface area contributed by atoms with E-state index in [0.29, 0.717) is 12.5 Å². The monoisotopic (exact) mass is 348 g/mol. The number of hydrogen-bond donors (Lipinski definition) is 1. The summed E-state index contributed by atoms with van der Waals surface area (Å²) in [5.74, 6) is 2.28. The van der Waals surface area contributed by atoms with E-state index in [1.54, 1.807) is 18.4 Å². The van der Waals surface area contributed by atoms with Crippen LogP contribution in [0.25, 0.3) is 0 Å². The molecule has 24 heavy (non-hydrogen) atoms. The average molecular weight is 348 g/mol. The maximum absolute atomic E-state index is 5.76. The largest absolute Gasteiger partial charge is 0.497 e. The number of thiazole rings is 1. The van der Waals surface area contributed by atoms with Gasteiger partial charge in [-0.2, -0.15) is 0 Å². The van der Waals surface area contributed by atoms with Crippen molar-refractivity contribution in [3.8, 4) is 11.5 Å². The number of methoxy groups -OCH3 is 1. The number of hydrogen-bond acceptors (Lipinski definition) is 6. The molecule has 0 spiro atoms. The van der Waals surface area contributed by atoms with Gasteiger partial charge in [-0.1, -0.05) is 0 Å². The molecule has 0 amide bonds. The minimum absolute atomic E-state index is 0.494. The molecule has 1 aromatic carbocycles. The van der Waals surface area contributed by atoms with Gasteiger partial charge in [-0.15, -0.1) is 11.3 Å². The molecule has 1 unspecified atom stereocenters. The molecule has 1 N–H and O–H groups in total. The molecule has 2 heterocycles. The van der Waals surface area contributed by atoms with Crippen molar-refractivity contribution in [1.29, 1.82) is 0 Å². The van der Waals surface area contributed by atoms with E-state index in [2.05, 4.69) is 15.7 Å². The van der Waals surface area contributed by atoms with Gasteiger partial charge >= 0.3 is 0 Å². The van der Waals surface area contributed by atoms with Crippen molar-refractivity contribution in [3.05, 3.63) is 40.3 Å². The minimum Gasteiger partial charge on any atom is -0.497 e. The van der Waals surface area contributed by atoms with E-state index in [1.165, 1.54) is 12.8 Å². The maximum Gasteiger partial charge on any atom is 0.140 e. The predicted molar refractivity (Wildman–Crippen MR) is 94.7 cm³/mol. The highest BCUT2D eigenvalue weighted by Crippen LogP contribution is 2.19. The molecule has 0 radical (unpaired) electrons. The second-order valence-electron chi connectivity index (χ2n) is 5.91. The Hall–Kier alpha value is -1.63. The summed E-state index contributed by atoms with van der Waals surface area (Å²) < 4.78 is 16.4. The summed E-state index contributed by atoms with van der Waals surface area (Å²) in [5.41, 5.74) is 1.07. The van der Waals surface area contributed by atoms with Gasteiger partial charge in [-0.05, 0) is 43.0 Å². The first-order valence-corrected chi connectivity index (χ1v) is 9.20. The zero-order valence-corrected chi connectivity index (χ0v) is 14.8. The Morgan fingerprint density at radius 2 is 2.12 bits per heavy atom. The molecule has 1 fully saturated rings. The van der Waals surface area contributed by atoms with Gasteiger partial charge in [0, 0.05) is 25.1 Å². The Balaban J connectivity index is 1.39. The lowest BCUT2D eigenvalue weighted by Crippen LogP contribution is -2.28. The lowest BCUT2D eigenvalue weighted by Gasteiger charge is -2.22. The molecular weight excluding hydrogens is 324 g/mol. The van der Waals surface area contributed by atoms with Crippen LogP contribution in [0, 0.1) is 5.92 Å². The summed E-state index contributed by atoms with van der Waals surface area (Å²) >= 11 is 1.64. The first-order chi connectivity index (χ1) is 11.8. The number of nitrogens with one attached hydrogen (secondary N) is 1. The van der Waals surface area contributed by atoms with Crippen LogP contribution < -0.4 is 14.8 Å². The van der Waals surface area contributed by atoms with Crippen LogP contribution in [-0.2, 0) is 17.9 Å².